The van der Waals surface area contributed by atoms with E-state index < -0.39 is 0 Å². The number of rotatable bonds is 8. The van der Waals surface area contributed by atoms with Crippen LogP contribution in [0.3, 0.4) is 0 Å². The Hall–Kier alpha value is -3.14. The maximum atomic E-state index is 11.7. The average molecular weight is 768 g/mol. The molecule has 0 unspecified atom stereocenters. The molecule has 5 heteroatoms. The molecule has 1 radical (unpaired) electrons. The summed E-state index contributed by atoms with van der Waals surface area (Å²) in [6, 6.07) is 18.8. The Morgan fingerprint density at radius 3 is 2.18 bits per heavy atom. The van der Waals surface area contributed by atoms with Gasteiger partial charge in [0.25, 0.3) is 0 Å². The zero-order valence-electron chi connectivity index (χ0n) is 27.3. The van der Waals surface area contributed by atoms with Gasteiger partial charge in [-0.1, -0.05) is 83.7 Å². The molecule has 1 N–H and O–H groups in total. The van der Waals surface area contributed by atoms with Crippen molar-refractivity contribution in [2.45, 2.75) is 92.4 Å². The molecular formula is C39H47IrN2O2-. The molecule has 4 aromatic rings. The van der Waals surface area contributed by atoms with Crippen LogP contribution in [0.5, 0.6) is 0 Å². The quantitative estimate of drug-likeness (QED) is 0.110. The molecule has 1 aliphatic rings. The summed E-state index contributed by atoms with van der Waals surface area (Å²) in [5.74, 6) is 0.547. The second-order valence-corrected chi connectivity index (χ2v) is 12.7. The van der Waals surface area contributed by atoms with E-state index in [1.54, 1.807) is 0 Å². The minimum absolute atomic E-state index is 0. The molecule has 0 fully saturated rings. The van der Waals surface area contributed by atoms with Gasteiger partial charge in [0.15, 0.2) is 5.78 Å². The SMILES string of the molecule is CC(C)(C)c1cc(-c2cc3c(cn2)CCc2cnccc2-3)[c-]c2ccccc12.CCC(CC)C(=O)/C=C(\O)C(CC)CC.[Ir]. The molecule has 44 heavy (non-hydrogen) atoms. The van der Waals surface area contributed by atoms with Crippen molar-refractivity contribution in [1.29, 1.82) is 0 Å². The first-order valence-corrected chi connectivity index (χ1v) is 15.9. The van der Waals surface area contributed by atoms with Gasteiger partial charge in [0.2, 0.25) is 0 Å². The number of pyridine rings is 2. The Morgan fingerprint density at radius 2 is 1.55 bits per heavy atom. The number of carbonyl (C=O) groups is 1. The molecular weight excluding hydrogens is 721 g/mol. The number of aromatic nitrogens is 2. The van der Waals surface area contributed by atoms with E-state index in [0.29, 0.717) is 0 Å². The van der Waals surface area contributed by atoms with Gasteiger partial charge in [-0.15, -0.1) is 29.1 Å². The number of allylic oxidation sites excluding steroid dienone is 2. The number of aliphatic hydroxyl groups is 1. The van der Waals surface area contributed by atoms with Crippen molar-refractivity contribution in [2.24, 2.45) is 11.8 Å². The number of nitrogens with zero attached hydrogens (tertiary/aromatic N) is 2. The molecule has 0 aliphatic heterocycles. The molecule has 2 heterocycles. The second-order valence-electron chi connectivity index (χ2n) is 12.7. The first-order chi connectivity index (χ1) is 20.6. The van der Waals surface area contributed by atoms with E-state index in [1.807, 2.05) is 46.3 Å². The summed E-state index contributed by atoms with van der Waals surface area (Å²) < 4.78 is 0. The van der Waals surface area contributed by atoms with Crippen LogP contribution in [-0.2, 0) is 43.2 Å². The van der Waals surface area contributed by atoms with Gasteiger partial charge in [0, 0.05) is 62.3 Å². The van der Waals surface area contributed by atoms with E-state index in [1.165, 1.54) is 39.3 Å². The van der Waals surface area contributed by atoms with Crippen molar-refractivity contribution in [1.82, 2.24) is 9.97 Å². The largest absolute Gasteiger partial charge is 0.512 e. The zero-order chi connectivity index (χ0) is 31.1. The molecule has 0 saturated carbocycles. The Balaban J connectivity index is 0.000000286. The Morgan fingerprint density at radius 1 is 0.909 bits per heavy atom. The van der Waals surface area contributed by atoms with Crippen molar-refractivity contribution in [3.8, 4) is 22.4 Å². The summed E-state index contributed by atoms with van der Waals surface area (Å²) in [5, 5.41) is 12.2. The van der Waals surface area contributed by atoms with Gasteiger partial charge < -0.3 is 5.11 Å². The topological polar surface area (TPSA) is 63.1 Å². The number of hydrogen-bond acceptors (Lipinski definition) is 4. The van der Waals surface area contributed by atoms with Crippen LogP contribution in [0.25, 0.3) is 33.2 Å². The van der Waals surface area contributed by atoms with Crippen molar-refractivity contribution >= 4 is 16.6 Å². The molecule has 0 amide bonds. The average Bonchev–Trinajstić information content (AvgIpc) is 3.01. The number of hydrogen-bond donors (Lipinski definition) is 1. The van der Waals surface area contributed by atoms with E-state index in [9.17, 15) is 9.90 Å². The van der Waals surface area contributed by atoms with E-state index in [2.05, 4.69) is 74.3 Å². The summed E-state index contributed by atoms with van der Waals surface area (Å²) in [4.78, 5) is 20.8. The molecule has 4 nitrogen and oxygen atoms in total. The van der Waals surface area contributed by atoms with Crippen LogP contribution < -0.4 is 0 Å². The number of aryl methyl sites for hydroxylation is 2. The smallest absolute Gasteiger partial charge is 0.162 e. The summed E-state index contributed by atoms with van der Waals surface area (Å²) in [7, 11) is 0. The summed E-state index contributed by atoms with van der Waals surface area (Å²) in [5.41, 5.74) is 8.65. The molecule has 0 saturated heterocycles. The summed E-state index contributed by atoms with van der Waals surface area (Å²) in [6.07, 6.45) is 12.9. The van der Waals surface area contributed by atoms with Crippen LogP contribution in [0.1, 0.15) is 90.8 Å². The molecule has 0 bridgehead atoms. The number of fused-ring (bicyclic) bond motifs is 4. The zero-order valence-corrected chi connectivity index (χ0v) is 29.7. The van der Waals surface area contributed by atoms with E-state index in [0.717, 1.165) is 55.2 Å². The van der Waals surface area contributed by atoms with Crippen LogP contribution >= 0.6 is 0 Å². The van der Waals surface area contributed by atoms with Gasteiger partial charge in [-0.2, -0.15) is 0 Å². The minimum atomic E-state index is 0. The van der Waals surface area contributed by atoms with Crippen molar-refractivity contribution < 1.29 is 30.0 Å². The van der Waals surface area contributed by atoms with Gasteiger partial charge in [0.1, 0.15) is 0 Å². The third kappa shape index (κ3) is 8.11. The van der Waals surface area contributed by atoms with E-state index in [-0.39, 0.29) is 48.9 Å². The fourth-order valence-electron chi connectivity index (χ4n) is 6.01. The maximum Gasteiger partial charge on any atom is 0.162 e. The van der Waals surface area contributed by atoms with Crippen molar-refractivity contribution in [2.75, 3.05) is 0 Å². The predicted molar refractivity (Wildman–Crippen MR) is 179 cm³/mol. The third-order valence-corrected chi connectivity index (χ3v) is 8.79. The fraction of sp³-hybridized carbons (Fsp3) is 0.410. The van der Waals surface area contributed by atoms with Crippen LogP contribution in [0.4, 0.5) is 0 Å². The van der Waals surface area contributed by atoms with Crippen LogP contribution in [-0.4, -0.2) is 20.9 Å². The molecule has 0 atom stereocenters. The van der Waals surface area contributed by atoms with Crippen molar-refractivity contribution in [3.05, 3.63) is 95.6 Å². The molecule has 2 aromatic carbocycles. The predicted octanol–water partition coefficient (Wildman–Crippen LogP) is 10.0. The number of ketones is 1. The first-order valence-electron chi connectivity index (χ1n) is 15.9. The van der Waals surface area contributed by atoms with Gasteiger partial charge in [-0.3, -0.25) is 14.8 Å². The van der Waals surface area contributed by atoms with Crippen molar-refractivity contribution in [3.63, 3.8) is 0 Å². The van der Waals surface area contributed by atoms with E-state index >= 15 is 0 Å². The van der Waals surface area contributed by atoms with E-state index in [4.69, 9.17) is 4.98 Å². The van der Waals surface area contributed by atoms with Crippen LogP contribution in [0, 0.1) is 17.9 Å². The number of aliphatic hydroxyl groups excluding tert-OH is 1. The minimum Gasteiger partial charge on any atom is -0.512 e. The fourth-order valence-corrected chi connectivity index (χ4v) is 6.01. The van der Waals surface area contributed by atoms with Gasteiger partial charge in [-0.25, -0.2) is 0 Å². The standard InChI is InChI=1S/C26H23N2.C13H24O2.Ir/c1-26(2,3)24-13-20(12-17-6-4-5-7-22(17)24)25-14-23-19(16-28-25)9-8-18-15-27-11-10-21(18)23;1-5-10(6-2)12(14)9-13(15)11(7-3)8-4;/h4-7,10-11,13-16H,8-9H2,1-3H3;9-11,14H,5-8H2,1-4H3;/q-1;;/b;12-9-;. The molecule has 0 spiro atoms. The molecule has 235 valence electrons. The maximum absolute atomic E-state index is 11.7. The number of carbonyl (C=O) groups excluding carboxylic acids is 1. The normalized spacial score (nSPS) is 12.7. The van der Waals surface area contributed by atoms with Gasteiger partial charge in [-0.05, 0) is 72.3 Å². The Labute approximate surface area is 277 Å². The van der Waals surface area contributed by atoms with Gasteiger partial charge >= 0.3 is 0 Å². The first kappa shape index (κ1) is 35.3. The Bertz CT molecular complexity index is 1590. The molecule has 5 rings (SSSR count). The second kappa shape index (κ2) is 15.7. The van der Waals surface area contributed by atoms with Crippen LogP contribution in [0.2, 0.25) is 0 Å². The summed E-state index contributed by atoms with van der Waals surface area (Å²) in [6.45, 7) is 14.9. The molecule has 1 aliphatic carbocycles. The van der Waals surface area contributed by atoms with Gasteiger partial charge in [0.05, 0.1) is 5.76 Å². The third-order valence-electron chi connectivity index (χ3n) is 8.79. The number of benzene rings is 2. The summed E-state index contributed by atoms with van der Waals surface area (Å²) >= 11 is 0. The monoisotopic (exact) mass is 768 g/mol. The Kier molecular flexibility index (Phi) is 12.6. The molecule has 2 aromatic heterocycles. The van der Waals surface area contributed by atoms with Crippen LogP contribution in [0.15, 0.2) is 72.9 Å².